The van der Waals surface area contributed by atoms with Crippen LogP contribution in [0.25, 0.3) is 0 Å². The van der Waals surface area contributed by atoms with Gasteiger partial charge >= 0.3 is 29.6 Å². The SMILES string of the molecule is CCCCCCCc1cc(Oc2cccc([O-])c2)cc(S(=O)(=O)O)c1.[Na+]. The van der Waals surface area contributed by atoms with Crippen LogP contribution < -0.4 is 39.4 Å². The zero-order valence-electron chi connectivity index (χ0n) is 15.3. The molecule has 0 aromatic heterocycles. The molecular weight excluding hydrogens is 363 g/mol. The van der Waals surface area contributed by atoms with Gasteiger partial charge in [-0.15, -0.1) is 5.75 Å². The summed E-state index contributed by atoms with van der Waals surface area (Å²) in [6.45, 7) is 2.15. The average molecular weight is 386 g/mol. The van der Waals surface area contributed by atoms with Crippen molar-refractivity contribution in [2.45, 2.75) is 50.3 Å². The maximum absolute atomic E-state index is 11.5. The predicted molar refractivity (Wildman–Crippen MR) is 94.7 cm³/mol. The first kappa shape index (κ1) is 23.0. The molecule has 0 bridgehead atoms. The van der Waals surface area contributed by atoms with Crippen LogP contribution in [0.4, 0.5) is 0 Å². The summed E-state index contributed by atoms with van der Waals surface area (Å²) in [4.78, 5) is -0.202. The summed E-state index contributed by atoms with van der Waals surface area (Å²) in [5.41, 5.74) is 0.778. The van der Waals surface area contributed by atoms with Gasteiger partial charge in [0, 0.05) is 6.07 Å². The van der Waals surface area contributed by atoms with Gasteiger partial charge < -0.3 is 9.84 Å². The van der Waals surface area contributed by atoms with Crippen molar-refractivity contribution in [1.82, 2.24) is 0 Å². The van der Waals surface area contributed by atoms with Gasteiger partial charge in [0.2, 0.25) is 0 Å². The summed E-state index contributed by atoms with van der Waals surface area (Å²) in [6.07, 6.45) is 6.20. The molecule has 2 aromatic rings. The summed E-state index contributed by atoms with van der Waals surface area (Å²) < 4.78 is 38.0. The monoisotopic (exact) mass is 386 g/mol. The molecule has 7 heteroatoms. The third-order valence-electron chi connectivity index (χ3n) is 3.85. The minimum Gasteiger partial charge on any atom is -0.872 e. The van der Waals surface area contributed by atoms with E-state index in [-0.39, 0.29) is 46.0 Å². The second-order valence-electron chi connectivity index (χ2n) is 6.03. The Morgan fingerprint density at radius 1 is 1.00 bits per heavy atom. The Morgan fingerprint density at radius 3 is 2.38 bits per heavy atom. The fraction of sp³-hybridized carbons (Fsp3) is 0.368. The molecule has 0 radical (unpaired) electrons. The number of benzene rings is 2. The van der Waals surface area contributed by atoms with E-state index in [4.69, 9.17) is 4.74 Å². The molecule has 0 aliphatic carbocycles. The van der Waals surface area contributed by atoms with Crippen LogP contribution in [0, 0.1) is 0 Å². The molecule has 136 valence electrons. The fourth-order valence-electron chi connectivity index (χ4n) is 2.59. The van der Waals surface area contributed by atoms with Crippen LogP contribution in [0.15, 0.2) is 47.4 Å². The molecule has 0 amide bonds. The van der Waals surface area contributed by atoms with Gasteiger partial charge in [0.15, 0.2) is 0 Å². The maximum Gasteiger partial charge on any atom is 1.00 e. The zero-order valence-corrected chi connectivity index (χ0v) is 18.1. The van der Waals surface area contributed by atoms with E-state index in [0.29, 0.717) is 12.2 Å². The molecular formula is C19H23NaO5S. The molecule has 0 atom stereocenters. The van der Waals surface area contributed by atoms with Gasteiger partial charge in [-0.3, -0.25) is 4.55 Å². The van der Waals surface area contributed by atoms with Crippen molar-refractivity contribution < 1.29 is 52.4 Å². The molecule has 0 unspecified atom stereocenters. The number of ether oxygens (including phenoxy) is 1. The number of unbranched alkanes of at least 4 members (excludes halogenated alkanes) is 4. The molecule has 2 rings (SSSR count). The first-order valence-electron chi connectivity index (χ1n) is 8.45. The number of rotatable bonds is 9. The molecule has 5 nitrogen and oxygen atoms in total. The normalized spacial score (nSPS) is 11.0. The Kier molecular flexibility index (Phi) is 9.68. The van der Waals surface area contributed by atoms with Crippen molar-refractivity contribution in [3.8, 4) is 17.2 Å². The predicted octanol–water partition coefficient (Wildman–Crippen LogP) is 1.32. The van der Waals surface area contributed by atoms with Crippen molar-refractivity contribution in [3.63, 3.8) is 0 Å². The summed E-state index contributed by atoms with van der Waals surface area (Å²) in [6, 6.07) is 10.4. The minimum absolute atomic E-state index is 0. The van der Waals surface area contributed by atoms with Gasteiger partial charge in [-0.25, -0.2) is 0 Å². The zero-order chi connectivity index (χ0) is 18.3. The Labute approximate surface area is 177 Å². The standard InChI is InChI=1S/C19H24O5S.Na/c1-2-3-4-5-6-8-15-11-18(14-19(12-15)25(21,22)23)24-17-10-7-9-16(20)13-17;/h7,9-14,20H,2-6,8H2,1H3,(H,21,22,23);/q;+1/p-1. The van der Waals surface area contributed by atoms with E-state index < -0.39 is 10.1 Å². The van der Waals surface area contributed by atoms with Crippen LogP contribution in [0.5, 0.6) is 17.2 Å². The smallest absolute Gasteiger partial charge is 0.872 e. The Hall–Kier alpha value is -1.05. The van der Waals surface area contributed by atoms with E-state index in [9.17, 15) is 18.1 Å². The molecule has 0 spiro atoms. The van der Waals surface area contributed by atoms with E-state index >= 15 is 0 Å². The molecule has 1 N–H and O–H groups in total. The van der Waals surface area contributed by atoms with Crippen LogP contribution >= 0.6 is 0 Å². The third kappa shape index (κ3) is 7.68. The van der Waals surface area contributed by atoms with Crippen LogP contribution in [0.3, 0.4) is 0 Å². The average Bonchev–Trinajstić information content (AvgIpc) is 2.54. The van der Waals surface area contributed by atoms with Crippen molar-refractivity contribution in [2.24, 2.45) is 0 Å². The van der Waals surface area contributed by atoms with Gasteiger partial charge in [-0.05, 0) is 42.7 Å². The Bertz CT molecular complexity index is 805. The van der Waals surface area contributed by atoms with Crippen LogP contribution in [0.2, 0.25) is 0 Å². The van der Waals surface area contributed by atoms with Gasteiger partial charge in [0.25, 0.3) is 10.1 Å². The topological polar surface area (TPSA) is 86.7 Å². The van der Waals surface area contributed by atoms with Gasteiger partial charge in [-0.1, -0.05) is 44.7 Å². The summed E-state index contributed by atoms with van der Waals surface area (Å²) >= 11 is 0. The number of aryl methyl sites for hydroxylation is 1. The molecule has 0 saturated heterocycles. The quantitative estimate of drug-likeness (QED) is 0.399. The molecule has 2 aromatic carbocycles. The second-order valence-corrected chi connectivity index (χ2v) is 7.45. The van der Waals surface area contributed by atoms with Crippen molar-refractivity contribution >= 4 is 10.1 Å². The van der Waals surface area contributed by atoms with Crippen molar-refractivity contribution in [3.05, 3.63) is 48.0 Å². The Balaban J connectivity index is 0.00000338. The summed E-state index contributed by atoms with van der Waals surface area (Å²) in [5.74, 6) is 0.415. The Morgan fingerprint density at radius 2 is 1.73 bits per heavy atom. The van der Waals surface area contributed by atoms with E-state index in [2.05, 4.69) is 6.92 Å². The van der Waals surface area contributed by atoms with Gasteiger partial charge in [0.05, 0.1) is 4.90 Å². The summed E-state index contributed by atoms with van der Waals surface area (Å²) in [7, 11) is -4.33. The van der Waals surface area contributed by atoms with Crippen LogP contribution in [0.1, 0.15) is 44.6 Å². The molecule has 0 aliphatic rings. The van der Waals surface area contributed by atoms with Crippen LogP contribution in [-0.2, 0) is 16.5 Å². The van der Waals surface area contributed by atoms with E-state index in [1.54, 1.807) is 18.2 Å². The number of hydrogen-bond donors (Lipinski definition) is 1. The molecule has 0 fully saturated rings. The molecule has 0 saturated carbocycles. The first-order chi connectivity index (χ1) is 11.9. The van der Waals surface area contributed by atoms with Crippen molar-refractivity contribution in [1.29, 1.82) is 0 Å². The number of hydrogen-bond acceptors (Lipinski definition) is 4. The third-order valence-corrected chi connectivity index (χ3v) is 4.68. The van der Waals surface area contributed by atoms with Crippen molar-refractivity contribution in [2.75, 3.05) is 0 Å². The fourth-order valence-corrected chi connectivity index (χ4v) is 3.15. The maximum atomic E-state index is 11.5. The summed E-state index contributed by atoms with van der Waals surface area (Å²) in [5, 5.41) is 11.4. The van der Waals surface area contributed by atoms with E-state index in [1.165, 1.54) is 30.7 Å². The molecule has 0 heterocycles. The molecule has 0 aliphatic heterocycles. The van der Waals surface area contributed by atoms with Gasteiger partial charge in [0.1, 0.15) is 11.5 Å². The first-order valence-corrected chi connectivity index (χ1v) is 9.89. The second kappa shape index (κ2) is 10.9. The van der Waals surface area contributed by atoms with E-state index in [0.717, 1.165) is 31.2 Å². The minimum atomic E-state index is -4.33. The van der Waals surface area contributed by atoms with E-state index in [1.807, 2.05) is 0 Å². The van der Waals surface area contributed by atoms with Crippen LogP contribution in [-0.4, -0.2) is 13.0 Å². The largest absolute Gasteiger partial charge is 1.00 e. The van der Waals surface area contributed by atoms with Gasteiger partial charge in [-0.2, -0.15) is 8.42 Å². The molecule has 26 heavy (non-hydrogen) atoms.